The summed E-state index contributed by atoms with van der Waals surface area (Å²) in [5.41, 5.74) is 12.8. The third kappa shape index (κ3) is 17.9. The normalized spacial score (nSPS) is 35.6. The van der Waals surface area contributed by atoms with Gasteiger partial charge in [0.05, 0.1) is 58.1 Å². The molecule has 2 aromatic rings. The van der Waals surface area contributed by atoms with Gasteiger partial charge >= 0.3 is 5.97 Å². The lowest BCUT2D eigenvalue weighted by Gasteiger charge is -2.46. The number of carbonyl (C=O) groups is 7. The molecule has 5 unspecified atom stereocenters. The van der Waals surface area contributed by atoms with Crippen LogP contribution >= 0.6 is 0 Å². The smallest absolute Gasteiger partial charge is 0.306 e. The molecule has 0 spiro atoms. The summed E-state index contributed by atoms with van der Waals surface area (Å²) in [6.45, 7) is -2.12. The van der Waals surface area contributed by atoms with Crippen LogP contribution in [0.4, 0.5) is 0 Å². The van der Waals surface area contributed by atoms with E-state index in [1.807, 2.05) is 6.92 Å². The van der Waals surface area contributed by atoms with Gasteiger partial charge in [-0.3, -0.25) is 43.5 Å². The lowest BCUT2D eigenvalue weighted by atomic mass is 9.92. The zero-order chi connectivity index (χ0) is 71.4. The Balaban J connectivity index is 1.08. The molecule has 2 aromatic carbocycles. The molecule has 0 bridgehead atoms. The van der Waals surface area contributed by atoms with E-state index in [2.05, 4.69) is 47.2 Å². The molecular formula is C60H88N12O26. The van der Waals surface area contributed by atoms with Crippen molar-refractivity contribution in [3.05, 3.63) is 65.7 Å². The molecule has 6 heterocycles. The second-order valence-corrected chi connectivity index (χ2v) is 24.5. The van der Waals surface area contributed by atoms with Gasteiger partial charge in [0.1, 0.15) is 115 Å². The first-order valence-corrected chi connectivity index (χ1v) is 31.8. The second-order valence-electron chi connectivity index (χ2n) is 24.5. The number of esters is 1. The average molecular weight is 1390 g/mol. The number of aliphatic hydroxyl groups excluding tert-OH is 13. The number of hydrogen-bond donors (Lipinski definition) is 22. The molecule has 6 amide bonds. The minimum absolute atomic E-state index is 0.0512. The van der Waals surface area contributed by atoms with Crippen molar-refractivity contribution >= 4 is 53.3 Å². The van der Waals surface area contributed by atoms with Gasteiger partial charge in [-0.15, -0.1) is 0 Å². The zero-order valence-electron chi connectivity index (χ0n) is 53.2. The van der Waals surface area contributed by atoms with Crippen LogP contribution in [0.1, 0.15) is 56.6 Å². The fraction of sp³-hybridized carbons (Fsp3) is 0.650. The van der Waals surface area contributed by atoms with E-state index in [-0.39, 0.29) is 30.2 Å². The minimum atomic E-state index is -2.35. The van der Waals surface area contributed by atoms with E-state index in [0.29, 0.717) is 18.4 Å². The molecule has 38 nitrogen and oxygen atoms in total. The topological polar surface area (TPSA) is 602 Å². The fourth-order valence-corrected chi connectivity index (χ4v) is 12.1. The van der Waals surface area contributed by atoms with Crippen molar-refractivity contribution in [1.29, 1.82) is 0 Å². The molecule has 0 radical (unpaired) electrons. The van der Waals surface area contributed by atoms with E-state index < -0.39 is 246 Å². The van der Waals surface area contributed by atoms with Crippen molar-refractivity contribution in [1.82, 2.24) is 42.1 Å². The number of nitrogens with two attached hydrogens (primary N) is 2. The first kappa shape index (κ1) is 76.1. The minimum Gasteiger partial charge on any atom is -0.462 e. The van der Waals surface area contributed by atoms with Crippen molar-refractivity contribution in [2.75, 3.05) is 46.1 Å². The van der Waals surface area contributed by atoms with Crippen molar-refractivity contribution < 1.29 is 128 Å². The second kappa shape index (κ2) is 34.4. The van der Waals surface area contributed by atoms with Gasteiger partial charge in [-0.1, -0.05) is 69.2 Å². The summed E-state index contributed by atoms with van der Waals surface area (Å²) >= 11 is 0. The first-order valence-electron chi connectivity index (χ1n) is 31.8. The Morgan fingerprint density at radius 2 is 1.23 bits per heavy atom. The molecule has 4 fully saturated rings. The highest BCUT2D eigenvalue weighted by Gasteiger charge is 2.55. The van der Waals surface area contributed by atoms with E-state index in [0.717, 1.165) is 11.3 Å². The fourth-order valence-electron chi connectivity index (χ4n) is 12.1. The van der Waals surface area contributed by atoms with Crippen LogP contribution in [0.3, 0.4) is 0 Å². The number of aliphatic imine (C=N–C) groups is 2. The van der Waals surface area contributed by atoms with Gasteiger partial charge < -0.3 is 148 Å². The van der Waals surface area contributed by atoms with Crippen LogP contribution in [-0.2, 0) is 63.7 Å². The zero-order valence-corrected chi connectivity index (χ0v) is 53.2. The third-order valence-electron chi connectivity index (χ3n) is 17.7. The molecule has 6 aliphatic rings. The lowest BCUT2D eigenvalue weighted by Crippen LogP contribution is -2.70. The van der Waals surface area contributed by atoms with Gasteiger partial charge in [0.25, 0.3) is 0 Å². The average Bonchev–Trinajstić information content (AvgIpc) is 1.43. The highest BCUT2D eigenvalue weighted by atomic mass is 16.7. The molecule has 0 aromatic heterocycles. The van der Waals surface area contributed by atoms with Crippen LogP contribution in [-0.4, -0.2) is 317 Å². The predicted molar refractivity (Wildman–Crippen MR) is 331 cm³/mol. The van der Waals surface area contributed by atoms with Crippen LogP contribution in [0.15, 0.2) is 64.6 Å². The molecule has 0 saturated carbocycles. The molecule has 24 N–H and O–H groups in total. The number of unbranched alkanes of at least 4 members (excludes halogenated alkanes) is 2. The Labute approximate surface area is 559 Å². The van der Waals surface area contributed by atoms with Crippen molar-refractivity contribution in [2.24, 2.45) is 21.5 Å². The Morgan fingerprint density at radius 3 is 1.88 bits per heavy atom. The van der Waals surface area contributed by atoms with Crippen molar-refractivity contribution in [3.63, 3.8) is 0 Å². The van der Waals surface area contributed by atoms with Crippen LogP contribution in [0, 0.1) is 0 Å². The summed E-state index contributed by atoms with van der Waals surface area (Å²) in [5.74, 6) is -9.82. The summed E-state index contributed by atoms with van der Waals surface area (Å²) in [6, 6.07) is 0.757. The number of hydrogen-bond acceptors (Lipinski definition) is 32. The molecule has 0 aliphatic carbocycles. The Morgan fingerprint density at radius 1 is 0.612 bits per heavy atom. The monoisotopic (exact) mass is 1390 g/mol. The molecule has 6 aliphatic heterocycles. The van der Waals surface area contributed by atoms with E-state index in [1.54, 1.807) is 37.3 Å². The van der Waals surface area contributed by atoms with Crippen LogP contribution in [0.25, 0.3) is 0 Å². The van der Waals surface area contributed by atoms with Crippen molar-refractivity contribution in [2.45, 2.75) is 198 Å². The number of guanidine groups is 2. The molecule has 544 valence electrons. The number of nitrogens with one attached hydrogen (secondary N) is 7. The van der Waals surface area contributed by atoms with Gasteiger partial charge in [-0.2, -0.15) is 0 Å². The molecule has 38 heteroatoms. The Bertz CT molecular complexity index is 3110. The molecular weight excluding hydrogens is 1300 g/mol. The van der Waals surface area contributed by atoms with E-state index in [9.17, 15) is 90.4 Å². The van der Waals surface area contributed by atoms with E-state index in [1.165, 1.54) is 24.3 Å². The maximum Gasteiger partial charge on any atom is 0.306 e. The maximum absolute atomic E-state index is 15.2. The summed E-state index contributed by atoms with van der Waals surface area (Å²) in [6.07, 6.45) is -29.9. The highest BCUT2D eigenvalue weighted by molar-refractivity contribution is 5.98. The van der Waals surface area contributed by atoms with Gasteiger partial charge in [0, 0.05) is 18.8 Å². The van der Waals surface area contributed by atoms with Gasteiger partial charge in [0.15, 0.2) is 30.5 Å². The number of nitrogens with zero attached hydrogens (tertiary/aromatic N) is 3. The quantitative estimate of drug-likeness (QED) is 0.0384. The van der Waals surface area contributed by atoms with Gasteiger partial charge in [-0.05, 0) is 29.7 Å². The van der Waals surface area contributed by atoms with Crippen LogP contribution in [0.5, 0.6) is 5.75 Å². The largest absolute Gasteiger partial charge is 0.462 e. The SMILES string of the molecule is CCCCCC(=O)O[C@@H]1[C@H](O)[C@@H](O[C@H]2[C@H](O)[C@H](O)[C@@H](Oc3ccc(C[C@H]4NC(=O)[C@H](C(C)c5ccccc5)NC(=O)CNC(=O)[C@H](CO)NC(=O)[C@@H](C(O)C5CN=C(N)N5[C@H]5O[C@H](CO)[C@@H](O)[C@H](O)[C@@H]5O)NC(=O)[C@H](C(O)C5CN=C(N)N5)NC4=O)cc3)O[C@@H]2CO)O[C@H](CO)[C@H]1O. The highest BCUT2D eigenvalue weighted by Crippen LogP contribution is 2.33. The summed E-state index contributed by atoms with van der Waals surface area (Å²) in [7, 11) is 0. The van der Waals surface area contributed by atoms with Gasteiger partial charge in [-0.25, -0.2) is 0 Å². The van der Waals surface area contributed by atoms with Crippen LogP contribution in [0.2, 0.25) is 0 Å². The summed E-state index contributed by atoms with van der Waals surface area (Å²) < 4.78 is 34.2. The number of aliphatic hydroxyl groups is 13. The van der Waals surface area contributed by atoms with E-state index >= 15 is 9.59 Å². The number of ether oxygens (including phenoxy) is 6. The van der Waals surface area contributed by atoms with Crippen molar-refractivity contribution in [3.8, 4) is 5.75 Å². The molecule has 4 saturated heterocycles. The number of rotatable bonds is 22. The number of carbonyl (C=O) groups excluding carboxylic acids is 7. The Kier molecular flexibility index (Phi) is 26.8. The summed E-state index contributed by atoms with van der Waals surface area (Å²) in [4.78, 5) is 109. The van der Waals surface area contributed by atoms with Gasteiger partial charge in [0.2, 0.25) is 41.7 Å². The molecule has 98 heavy (non-hydrogen) atoms. The van der Waals surface area contributed by atoms with Crippen LogP contribution < -0.4 is 53.4 Å². The number of amides is 6. The van der Waals surface area contributed by atoms with E-state index in [4.69, 9.17) is 39.9 Å². The summed E-state index contributed by atoms with van der Waals surface area (Å²) in [5, 5.41) is 160. The molecule has 25 atom stereocenters. The third-order valence-corrected chi connectivity index (χ3v) is 17.7. The number of benzene rings is 2. The standard InChI is InChI=1S/C60H88N12O26/c1-3-4-6-11-36(78)97-50-43(82)33(22-75)95-58(48(50)87)98-49-34(23-76)96-57(47(86)45(49)84)93-27-14-12-25(13-15-27)16-28-52(89)70-38(40(79)29-17-64-59(61)68-29)55(92)71-39(41(80)31-18-65-60(62)72(31)56-46(85)44(83)42(81)32(21-74)94-56)54(91)67-30(20-73)51(88)63-19-35(77)69-37(53(90)66-28)24(2)26-9-7-5-8-10-26/h5,7-10,12-15,24,28-34,37-50,56-58,73-76,79-87H,3-4,6,11,16-23H2,1-2H3,(H2,62,65)(H,63,88)(H,66,90)(H,67,91)(H,69,77)(H,70,89)(H,71,92)(H3,61,64,68)/t24?,28-,29?,30+,31?,32-,33-,34-,37+,38+,39-,40?,41?,42-,43-,44+,45-,46+,47+,48+,49-,50+,56+,57+,58-/m1/s1. The maximum atomic E-state index is 15.2. The first-order chi connectivity index (χ1) is 46.7. The Hall–Kier alpha value is -7.61. The molecule has 8 rings (SSSR count). The predicted octanol–water partition coefficient (Wildman–Crippen LogP) is -11.5. The lowest BCUT2D eigenvalue weighted by molar-refractivity contribution is -0.353.